The lowest BCUT2D eigenvalue weighted by molar-refractivity contribution is -0.0718. The average molecular weight is 371 g/mol. The van der Waals surface area contributed by atoms with Gasteiger partial charge in [0, 0.05) is 11.7 Å². The fraction of sp³-hybridized carbons (Fsp3) is 0.696. The van der Waals surface area contributed by atoms with Crippen LogP contribution in [0.1, 0.15) is 69.4 Å². The van der Waals surface area contributed by atoms with Crippen LogP contribution < -0.4 is 10.6 Å². The summed E-state index contributed by atoms with van der Waals surface area (Å²) in [7, 11) is 0. The van der Waals surface area contributed by atoms with E-state index in [-0.39, 0.29) is 0 Å². The predicted octanol–water partition coefficient (Wildman–Crippen LogP) is 5.97. The van der Waals surface area contributed by atoms with Crippen LogP contribution in [0, 0.1) is 37.0 Å². The molecule has 3 heteroatoms. The van der Waals surface area contributed by atoms with Crippen LogP contribution in [0.4, 0.5) is 5.69 Å². The molecule has 4 bridgehead atoms. The Labute approximate surface area is 164 Å². The van der Waals surface area contributed by atoms with E-state index in [1.165, 1.54) is 62.5 Å². The Kier molecular flexibility index (Phi) is 5.02. The minimum absolute atomic E-state index is 0.500. The van der Waals surface area contributed by atoms with Gasteiger partial charge in [-0.3, -0.25) is 0 Å². The molecule has 0 aliphatic heterocycles. The molecule has 1 aromatic rings. The second kappa shape index (κ2) is 7.14. The monoisotopic (exact) mass is 370 g/mol. The molecule has 0 spiro atoms. The van der Waals surface area contributed by atoms with Crippen molar-refractivity contribution < 1.29 is 0 Å². The predicted molar refractivity (Wildman–Crippen MR) is 115 cm³/mol. The van der Waals surface area contributed by atoms with Crippen molar-refractivity contribution >= 4 is 23.0 Å². The fourth-order valence-corrected chi connectivity index (χ4v) is 6.83. The standard InChI is InChI=1S/C23H34N2S/c1-4-5-21(23-12-17-9-18(13-23)11-19(10-17)14-23)25-22(26)24-20-7-6-15(2)16(3)8-20/h6-8,17-19,21H,4-5,9-14H2,1-3H3,(H2,24,25,26). The molecule has 0 heterocycles. The van der Waals surface area contributed by atoms with Crippen molar-refractivity contribution in [1.29, 1.82) is 0 Å². The van der Waals surface area contributed by atoms with Gasteiger partial charge in [0.25, 0.3) is 0 Å². The van der Waals surface area contributed by atoms with Crippen LogP contribution in [0.5, 0.6) is 0 Å². The third-order valence-corrected chi connectivity index (χ3v) is 7.69. The van der Waals surface area contributed by atoms with E-state index in [4.69, 9.17) is 12.2 Å². The summed E-state index contributed by atoms with van der Waals surface area (Å²) in [6, 6.07) is 7.04. The third kappa shape index (κ3) is 3.52. The number of aryl methyl sites for hydroxylation is 2. The summed E-state index contributed by atoms with van der Waals surface area (Å²) in [6.07, 6.45) is 11.3. The average Bonchev–Trinajstić information content (AvgIpc) is 2.56. The Bertz CT molecular complexity index is 646. The van der Waals surface area contributed by atoms with Gasteiger partial charge in [-0.2, -0.15) is 0 Å². The van der Waals surface area contributed by atoms with E-state index in [0.717, 1.165) is 28.6 Å². The normalized spacial score (nSPS) is 33.1. The molecule has 4 fully saturated rings. The maximum Gasteiger partial charge on any atom is 0.171 e. The van der Waals surface area contributed by atoms with Crippen LogP contribution in [0.2, 0.25) is 0 Å². The van der Waals surface area contributed by atoms with E-state index in [1.54, 1.807) is 0 Å². The Morgan fingerprint density at radius 1 is 1.08 bits per heavy atom. The SMILES string of the molecule is CCCC(NC(=S)Nc1ccc(C)c(C)c1)C12CC3CC(CC(C3)C1)C2. The fourth-order valence-electron chi connectivity index (χ4n) is 6.57. The van der Waals surface area contributed by atoms with Gasteiger partial charge in [-0.1, -0.05) is 19.4 Å². The number of rotatable bonds is 5. The van der Waals surface area contributed by atoms with Gasteiger partial charge in [-0.15, -0.1) is 0 Å². The molecule has 2 nitrogen and oxygen atoms in total. The van der Waals surface area contributed by atoms with Crippen molar-refractivity contribution in [2.45, 2.75) is 78.2 Å². The van der Waals surface area contributed by atoms with Crippen molar-refractivity contribution in [2.75, 3.05) is 5.32 Å². The van der Waals surface area contributed by atoms with Gasteiger partial charge in [0.05, 0.1) is 0 Å². The second-order valence-electron chi connectivity index (χ2n) is 9.52. The highest BCUT2D eigenvalue weighted by Crippen LogP contribution is 2.61. The molecule has 0 amide bonds. The molecule has 1 atom stereocenters. The smallest absolute Gasteiger partial charge is 0.171 e. The van der Waals surface area contributed by atoms with Gasteiger partial charge in [-0.25, -0.2) is 0 Å². The van der Waals surface area contributed by atoms with E-state index < -0.39 is 0 Å². The third-order valence-electron chi connectivity index (χ3n) is 7.47. The summed E-state index contributed by atoms with van der Waals surface area (Å²) in [5.41, 5.74) is 4.24. The number of thiocarbonyl (C=S) groups is 1. The summed E-state index contributed by atoms with van der Waals surface area (Å²) in [4.78, 5) is 0. The summed E-state index contributed by atoms with van der Waals surface area (Å²) in [5, 5.41) is 8.04. The van der Waals surface area contributed by atoms with Crippen LogP contribution in [-0.4, -0.2) is 11.2 Å². The van der Waals surface area contributed by atoms with Gasteiger partial charge in [0.2, 0.25) is 0 Å². The Balaban J connectivity index is 1.46. The van der Waals surface area contributed by atoms with E-state index in [9.17, 15) is 0 Å². The number of anilines is 1. The van der Waals surface area contributed by atoms with Gasteiger partial charge >= 0.3 is 0 Å². The molecular weight excluding hydrogens is 336 g/mol. The summed E-state index contributed by atoms with van der Waals surface area (Å²) >= 11 is 5.74. The summed E-state index contributed by atoms with van der Waals surface area (Å²) < 4.78 is 0. The molecule has 0 saturated heterocycles. The quantitative estimate of drug-likeness (QED) is 0.624. The molecule has 5 rings (SSSR count). The minimum Gasteiger partial charge on any atom is -0.359 e. The molecule has 1 unspecified atom stereocenters. The highest BCUT2D eigenvalue weighted by molar-refractivity contribution is 7.80. The number of hydrogen-bond acceptors (Lipinski definition) is 1. The van der Waals surface area contributed by atoms with Crippen LogP contribution in [0.15, 0.2) is 18.2 Å². The molecule has 4 aliphatic rings. The van der Waals surface area contributed by atoms with Crippen molar-refractivity contribution in [3.63, 3.8) is 0 Å². The molecule has 1 aromatic carbocycles. The maximum absolute atomic E-state index is 5.74. The van der Waals surface area contributed by atoms with Crippen molar-refractivity contribution in [3.8, 4) is 0 Å². The Morgan fingerprint density at radius 3 is 2.23 bits per heavy atom. The summed E-state index contributed by atoms with van der Waals surface area (Å²) in [6.45, 7) is 6.63. The van der Waals surface area contributed by atoms with Gasteiger partial charge < -0.3 is 10.6 Å². The molecule has 2 N–H and O–H groups in total. The van der Waals surface area contributed by atoms with E-state index in [1.807, 2.05) is 0 Å². The zero-order valence-corrected chi connectivity index (χ0v) is 17.4. The van der Waals surface area contributed by atoms with E-state index in [2.05, 4.69) is 49.6 Å². The molecule has 142 valence electrons. The number of benzene rings is 1. The lowest BCUT2D eigenvalue weighted by Gasteiger charge is -2.59. The first-order valence-electron chi connectivity index (χ1n) is 10.6. The van der Waals surface area contributed by atoms with Crippen LogP contribution in [0.25, 0.3) is 0 Å². The van der Waals surface area contributed by atoms with E-state index >= 15 is 0 Å². The Morgan fingerprint density at radius 2 is 1.69 bits per heavy atom. The van der Waals surface area contributed by atoms with Crippen molar-refractivity contribution in [1.82, 2.24) is 5.32 Å². The maximum atomic E-state index is 5.74. The molecular formula is C23H34N2S. The minimum atomic E-state index is 0.500. The molecule has 26 heavy (non-hydrogen) atoms. The molecule has 0 radical (unpaired) electrons. The highest BCUT2D eigenvalue weighted by Gasteiger charge is 2.54. The van der Waals surface area contributed by atoms with E-state index in [0.29, 0.717) is 11.5 Å². The first-order chi connectivity index (χ1) is 12.5. The zero-order valence-electron chi connectivity index (χ0n) is 16.6. The second-order valence-corrected chi connectivity index (χ2v) is 9.93. The van der Waals surface area contributed by atoms with Crippen LogP contribution in [-0.2, 0) is 0 Å². The first-order valence-corrected chi connectivity index (χ1v) is 11.0. The highest BCUT2D eigenvalue weighted by atomic mass is 32.1. The van der Waals surface area contributed by atoms with Gasteiger partial charge in [0.15, 0.2) is 5.11 Å². The molecule has 0 aromatic heterocycles. The zero-order chi connectivity index (χ0) is 18.3. The summed E-state index contributed by atoms with van der Waals surface area (Å²) in [5.74, 6) is 2.97. The van der Waals surface area contributed by atoms with Crippen molar-refractivity contribution in [2.24, 2.45) is 23.2 Å². The molecule has 4 aliphatic carbocycles. The number of nitrogens with one attached hydrogen (secondary N) is 2. The Hall–Kier alpha value is -1.09. The van der Waals surface area contributed by atoms with Crippen LogP contribution in [0.3, 0.4) is 0 Å². The van der Waals surface area contributed by atoms with Gasteiger partial charge in [0.1, 0.15) is 0 Å². The lowest BCUT2D eigenvalue weighted by Crippen LogP contribution is -2.57. The number of hydrogen-bond donors (Lipinski definition) is 2. The lowest BCUT2D eigenvalue weighted by atomic mass is 9.47. The van der Waals surface area contributed by atoms with Crippen LogP contribution >= 0.6 is 12.2 Å². The largest absolute Gasteiger partial charge is 0.359 e. The van der Waals surface area contributed by atoms with Gasteiger partial charge in [-0.05, 0) is 117 Å². The topological polar surface area (TPSA) is 24.1 Å². The van der Waals surface area contributed by atoms with Crippen molar-refractivity contribution in [3.05, 3.63) is 29.3 Å². The molecule has 4 saturated carbocycles. The first kappa shape index (κ1) is 18.3.